The number of furan rings is 1. The van der Waals surface area contributed by atoms with Crippen molar-refractivity contribution in [2.75, 3.05) is 7.11 Å². The molecule has 0 aliphatic rings. The fourth-order valence-electron chi connectivity index (χ4n) is 1.67. The Balaban J connectivity index is 2.41. The molecule has 0 aromatic carbocycles. The van der Waals surface area contributed by atoms with E-state index >= 15 is 0 Å². The lowest BCUT2D eigenvalue weighted by Gasteiger charge is -2.12. The molecular weight excluding hydrogens is 288 g/mol. The Labute approximate surface area is 117 Å². The van der Waals surface area contributed by atoms with Crippen molar-refractivity contribution >= 4 is 17.6 Å². The second-order valence-corrected chi connectivity index (χ2v) is 4.42. The van der Waals surface area contributed by atoms with Crippen LogP contribution < -0.4 is 11.2 Å². The van der Waals surface area contributed by atoms with E-state index in [2.05, 4.69) is 9.72 Å². The highest BCUT2D eigenvalue weighted by molar-refractivity contribution is 6.30. The third-order valence-corrected chi connectivity index (χ3v) is 3.04. The average Bonchev–Trinajstić information content (AvgIpc) is 2.91. The summed E-state index contributed by atoms with van der Waals surface area (Å²) < 4.78 is 11.0. The highest BCUT2D eigenvalue weighted by Crippen LogP contribution is 2.20. The monoisotopic (exact) mass is 298 g/mol. The van der Waals surface area contributed by atoms with Crippen LogP contribution >= 0.6 is 11.6 Å². The van der Waals surface area contributed by atoms with Gasteiger partial charge in [-0.3, -0.25) is 14.3 Å². The number of hydrogen-bond donors (Lipinski definition) is 1. The maximum Gasteiger partial charge on any atom is 0.373 e. The number of carbonyl (C=O) groups excluding carboxylic acids is 1. The molecule has 1 atom stereocenters. The van der Waals surface area contributed by atoms with E-state index in [1.54, 1.807) is 13.0 Å². The van der Waals surface area contributed by atoms with Gasteiger partial charge in [-0.25, -0.2) is 9.59 Å². The first kappa shape index (κ1) is 14.1. The fraction of sp³-hybridized carbons (Fsp3) is 0.250. The third kappa shape index (κ3) is 2.53. The van der Waals surface area contributed by atoms with Crippen LogP contribution in [0.25, 0.3) is 0 Å². The second-order valence-electron chi connectivity index (χ2n) is 4.01. The molecule has 20 heavy (non-hydrogen) atoms. The van der Waals surface area contributed by atoms with Gasteiger partial charge in [-0.05, 0) is 19.1 Å². The number of aromatic nitrogens is 2. The zero-order valence-corrected chi connectivity index (χ0v) is 11.4. The SMILES string of the molecule is COC(=O)c1ccc(C(C)n2cc(Cl)c(=O)[nH]c2=O)o1. The highest BCUT2D eigenvalue weighted by Gasteiger charge is 2.18. The first-order valence-corrected chi connectivity index (χ1v) is 6.01. The highest BCUT2D eigenvalue weighted by atomic mass is 35.5. The number of carbonyl (C=O) groups is 1. The van der Waals surface area contributed by atoms with Crippen LogP contribution in [0, 0.1) is 0 Å². The molecule has 8 heteroatoms. The van der Waals surface area contributed by atoms with Gasteiger partial charge in [0.05, 0.1) is 13.2 Å². The van der Waals surface area contributed by atoms with Gasteiger partial charge in [0.1, 0.15) is 10.8 Å². The number of rotatable bonds is 3. The summed E-state index contributed by atoms with van der Waals surface area (Å²) in [6, 6.07) is 2.44. The predicted molar refractivity (Wildman–Crippen MR) is 70.2 cm³/mol. The van der Waals surface area contributed by atoms with Crippen molar-refractivity contribution in [2.45, 2.75) is 13.0 Å². The Morgan fingerprint density at radius 3 is 2.80 bits per heavy atom. The molecule has 0 saturated carbocycles. The van der Waals surface area contributed by atoms with Crippen molar-refractivity contribution in [3.05, 3.63) is 55.7 Å². The van der Waals surface area contributed by atoms with Crippen LogP contribution in [-0.4, -0.2) is 22.6 Å². The van der Waals surface area contributed by atoms with Crippen molar-refractivity contribution in [2.24, 2.45) is 0 Å². The molecule has 2 heterocycles. The van der Waals surface area contributed by atoms with Crippen LogP contribution in [0.4, 0.5) is 0 Å². The largest absolute Gasteiger partial charge is 0.463 e. The molecule has 0 saturated heterocycles. The van der Waals surface area contributed by atoms with E-state index in [0.717, 1.165) is 0 Å². The molecule has 0 aliphatic heterocycles. The van der Waals surface area contributed by atoms with Gasteiger partial charge in [0, 0.05) is 6.20 Å². The lowest BCUT2D eigenvalue weighted by atomic mass is 10.2. The maximum absolute atomic E-state index is 11.7. The molecule has 106 valence electrons. The molecule has 2 aromatic rings. The number of halogens is 1. The van der Waals surface area contributed by atoms with E-state index in [0.29, 0.717) is 5.76 Å². The van der Waals surface area contributed by atoms with Gasteiger partial charge in [-0.15, -0.1) is 0 Å². The molecule has 0 amide bonds. The summed E-state index contributed by atoms with van der Waals surface area (Å²) in [6.45, 7) is 1.66. The van der Waals surface area contributed by atoms with E-state index in [1.165, 1.54) is 23.9 Å². The summed E-state index contributed by atoms with van der Waals surface area (Å²) in [4.78, 5) is 36.3. The van der Waals surface area contributed by atoms with Crippen LogP contribution in [-0.2, 0) is 4.74 Å². The van der Waals surface area contributed by atoms with Crippen molar-refractivity contribution < 1.29 is 13.9 Å². The van der Waals surface area contributed by atoms with Crippen LogP contribution in [0.5, 0.6) is 0 Å². The van der Waals surface area contributed by atoms with E-state index in [4.69, 9.17) is 16.0 Å². The zero-order valence-electron chi connectivity index (χ0n) is 10.7. The van der Waals surface area contributed by atoms with Gasteiger partial charge >= 0.3 is 11.7 Å². The first-order chi connectivity index (χ1) is 9.43. The molecule has 2 aromatic heterocycles. The number of methoxy groups -OCH3 is 1. The molecule has 7 nitrogen and oxygen atoms in total. The van der Waals surface area contributed by atoms with Gasteiger partial charge in [0.15, 0.2) is 0 Å². The van der Waals surface area contributed by atoms with Gasteiger partial charge in [-0.2, -0.15) is 0 Å². The van der Waals surface area contributed by atoms with E-state index < -0.39 is 23.3 Å². The van der Waals surface area contributed by atoms with Crippen molar-refractivity contribution in [1.29, 1.82) is 0 Å². The molecular formula is C12H11ClN2O5. The smallest absolute Gasteiger partial charge is 0.373 e. The maximum atomic E-state index is 11.7. The number of nitrogens with one attached hydrogen (secondary N) is 1. The topological polar surface area (TPSA) is 94.3 Å². The number of H-pyrrole nitrogens is 1. The van der Waals surface area contributed by atoms with Gasteiger partial charge in [-0.1, -0.05) is 11.6 Å². The summed E-state index contributed by atoms with van der Waals surface area (Å²) in [6.07, 6.45) is 1.22. The van der Waals surface area contributed by atoms with E-state index in [-0.39, 0.29) is 10.8 Å². The minimum Gasteiger partial charge on any atom is -0.463 e. The molecule has 0 spiro atoms. The first-order valence-electron chi connectivity index (χ1n) is 5.63. The molecule has 0 fully saturated rings. The molecule has 0 radical (unpaired) electrons. The summed E-state index contributed by atoms with van der Waals surface area (Å²) in [5.41, 5.74) is -1.28. The summed E-state index contributed by atoms with van der Waals surface area (Å²) in [5, 5.41) is -0.115. The quantitative estimate of drug-likeness (QED) is 0.859. The number of ether oxygens (including phenoxy) is 1. The Hall–Kier alpha value is -2.28. The van der Waals surface area contributed by atoms with Crippen LogP contribution in [0.2, 0.25) is 5.02 Å². The van der Waals surface area contributed by atoms with Crippen molar-refractivity contribution in [1.82, 2.24) is 9.55 Å². The van der Waals surface area contributed by atoms with Crippen molar-refractivity contribution in [3.8, 4) is 0 Å². The lowest BCUT2D eigenvalue weighted by Crippen LogP contribution is -2.31. The van der Waals surface area contributed by atoms with E-state index in [1.807, 2.05) is 0 Å². The van der Waals surface area contributed by atoms with Gasteiger partial charge in [0.25, 0.3) is 5.56 Å². The average molecular weight is 299 g/mol. The zero-order chi connectivity index (χ0) is 14.9. The number of aromatic amines is 1. The Bertz CT molecular complexity index is 758. The van der Waals surface area contributed by atoms with E-state index in [9.17, 15) is 14.4 Å². The predicted octanol–water partition coefficient (Wildman–Crippen LogP) is 1.18. The Kier molecular flexibility index (Phi) is 3.80. The normalized spacial score (nSPS) is 12.2. The Morgan fingerprint density at radius 2 is 2.15 bits per heavy atom. The molecule has 0 bridgehead atoms. The van der Waals surface area contributed by atoms with Gasteiger partial charge < -0.3 is 9.15 Å². The van der Waals surface area contributed by atoms with Crippen molar-refractivity contribution in [3.63, 3.8) is 0 Å². The number of hydrogen-bond acceptors (Lipinski definition) is 5. The Morgan fingerprint density at radius 1 is 1.45 bits per heavy atom. The minimum absolute atomic E-state index is 0.0259. The molecule has 0 aliphatic carbocycles. The summed E-state index contributed by atoms with van der Waals surface area (Å²) in [7, 11) is 1.24. The summed E-state index contributed by atoms with van der Waals surface area (Å²) >= 11 is 5.69. The molecule has 1 N–H and O–H groups in total. The molecule has 1 unspecified atom stereocenters. The fourth-order valence-corrected chi connectivity index (χ4v) is 1.83. The third-order valence-electron chi connectivity index (χ3n) is 2.77. The lowest BCUT2D eigenvalue weighted by molar-refractivity contribution is 0.0562. The number of nitrogens with zero attached hydrogens (tertiary/aromatic N) is 1. The standard InChI is InChI=1S/C12H11ClN2O5/c1-6(8-3-4-9(20-8)11(17)19-2)15-5-7(13)10(16)14-12(15)18/h3-6H,1-2H3,(H,14,16,18). The summed E-state index contributed by atoms with van der Waals surface area (Å²) in [5.74, 6) is -0.233. The van der Waals surface area contributed by atoms with Crippen LogP contribution in [0.1, 0.15) is 29.3 Å². The second kappa shape index (κ2) is 5.38. The number of esters is 1. The van der Waals surface area contributed by atoms with Crippen LogP contribution in [0.3, 0.4) is 0 Å². The molecule has 2 rings (SSSR count). The van der Waals surface area contributed by atoms with Crippen LogP contribution in [0.15, 0.2) is 32.3 Å². The minimum atomic E-state index is -0.658. The van der Waals surface area contributed by atoms with Gasteiger partial charge in [0.2, 0.25) is 5.76 Å².